The molecule has 0 aliphatic rings. The van der Waals surface area contributed by atoms with Gasteiger partial charge in [0.25, 0.3) is 0 Å². The molecule has 1 aromatic carbocycles. The van der Waals surface area contributed by atoms with Crippen LogP contribution >= 0.6 is 27.5 Å². The maximum absolute atomic E-state index is 13.0. The van der Waals surface area contributed by atoms with Gasteiger partial charge in [0.2, 0.25) is 5.88 Å². The number of benzene rings is 1. The Kier molecular flexibility index (Phi) is 3.80. The summed E-state index contributed by atoms with van der Waals surface area (Å²) in [6, 6.07) is 8.99. The van der Waals surface area contributed by atoms with E-state index in [0.29, 0.717) is 11.3 Å². The molecule has 1 heterocycles. The van der Waals surface area contributed by atoms with Crippen LogP contribution in [-0.2, 0) is 0 Å². The first-order chi connectivity index (χ1) is 8.58. The Hall–Kier alpha value is -1.64. The molecule has 0 aliphatic carbocycles. The largest absolute Gasteiger partial charge is 0.439 e. The van der Waals surface area contributed by atoms with Crippen molar-refractivity contribution >= 4 is 27.5 Å². The first-order valence-electron chi connectivity index (χ1n) is 4.79. The molecular weight excluding hydrogens is 322 g/mol. The van der Waals surface area contributed by atoms with Gasteiger partial charge in [-0.15, -0.1) is 0 Å². The predicted molar refractivity (Wildman–Crippen MR) is 68.1 cm³/mol. The number of rotatable bonds is 2. The number of hydrogen-bond acceptors (Lipinski definition) is 3. The highest BCUT2D eigenvalue weighted by Gasteiger charge is 2.06. The van der Waals surface area contributed by atoms with E-state index in [1.807, 2.05) is 6.07 Å². The van der Waals surface area contributed by atoms with Crippen molar-refractivity contribution in [3.05, 3.63) is 51.3 Å². The maximum atomic E-state index is 13.0. The van der Waals surface area contributed by atoms with Crippen molar-refractivity contribution in [3.63, 3.8) is 0 Å². The summed E-state index contributed by atoms with van der Waals surface area (Å²) in [5, 5.41) is 8.94. The van der Waals surface area contributed by atoms with Crippen molar-refractivity contribution in [2.45, 2.75) is 0 Å². The van der Waals surface area contributed by atoms with Gasteiger partial charge in [-0.3, -0.25) is 0 Å². The molecule has 0 aliphatic heterocycles. The molecule has 0 amide bonds. The molecule has 0 radical (unpaired) electrons. The number of hydrogen-bond donors (Lipinski definition) is 0. The number of halogens is 3. The van der Waals surface area contributed by atoms with Crippen LogP contribution in [0.1, 0.15) is 5.56 Å². The summed E-state index contributed by atoms with van der Waals surface area (Å²) in [4.78, 5) is 3.91. The third-order valence-electron chi connectivity index (χ3n) is 2.01. The molecule has 6 heteroatoms. The molecular formula is C12H5BrClFN2O. The van der Waals surface area contributed by atoms with Gasteiger partial charge < -0.3 is 4.74 Å². The van der Waals surface area contributed by atoms with Crippen molar-refractivity contribution in [1.82, 2.24) is 4.98 Å². The van der Waals surface area contributed by atoms with Crippen LogP contribution in [0.25, 0.3) is 0 Å². The summed E-state index contributed by atoms with van der Waals surface area (Å²) in [5.41, 5.74) is 0.339. The van der Waals surface area contributed by atoms with Crippen molar-refractivity contribution in [3.8, 4) is 17.7 Å². The normalized spacial score (nSPS) is 9.89. The van der Waals surface area contributed by atoms with Crippen LogP contribution in [0.3, 0.4) is 0 Å². The van der Waals surface area contributed by atoms with Gasteiger partial charge in [-0.05, 0) is 40.2 Å². The Morgan fingerprint density at radius 1 is 1.33 bits per heavy atom. The van der Waals surface area contributed by atoms with E-state index in [0.717, 1.165) is 0 Å². The monoisotopic (exact) mass is 326 g/mol. The number of aromatic nitrogens is 1. The molecule has 0 N–H and O–H groups in total. The maximum Gasteiger partial charge on any atom is 0.221 e. The van der Waals surface area contributed by atoms with Gasteiger partial charge in [-0.25, -0.2) is 9.37 Å². The first-order valence-corrected chi connectivity index (χ1v) is 5.96. The van der Waals surface area contributed by atoms with E-state index >= 15 is 0 Å². The van der Waals surface area contributed by atoms with Crippen molar-refractivity contribution in [2.75, 3.05) is 0 Å². The van der Waals surface area contributed by atoms with E-state index in [-0.39, 0.29) is 21.3 Å². The molecule has 0 bridgehead atoms. The number of nitriles is 1. The lowest BCUT2D eigenvalue weighted by Crippen LogP contribution is -1.90. The van der Waals surface area contributed by atoms with Crippen LogP contribution in [0.5, 0.6) is 11.6 Å². The molecule has 2 aromatic rings. The van der Waals surface area contributed by atoms with E-state index in [2.05, 4.69) is 20.9 Å². The average Bonchev–Trinajstić information content (AvgIpc) is 2.33. The van der Waals surface area contributed by atoms with Gasteiger partial charge in [-0.1, -0.05) is 11.6 Å². The Morgan fingerprint density at radius 2 is 2.11 bits per heavy atom. The smallest absolute Gasteiger partial charge is 0.221 e. The number of nitrogens with zero attached hydrogens (tertiary/aromatic N) is 2. The fourth-order valence-corrected chi connectivity index (χ4v) is 1.81. The van der Waals surface area contributed by atoms with E-state index in [9.17, 15) is 4.39 Å². The Morgan fingerprint density at radius 3 is 2.78 bits per heavy atom. The summed E-state index contributed by atoms with van der Waals surface area (Å²) in [7, 11) is 0. The summed E-state index contributed by atoms with van der Waals surface area (Å²) >= 11 is 8.79. The second-order valence-corrected chi connectivity index (χ2v) is 4.55. The number of ether oxygens (including phenoxy) is 1. The number of pyridine rings is 1. The van der Waals surface area contributed by atoms with E-state index in [4.69, 9.17) is 21.6 Å². The molecule has 0 atom stereocenters. The first kappa shape index (κ1) is 12.8. The van der Waals surface area contributed by atoms with Gasteiger partial charge in [0, 0.05) is 6.07 Å². The Bertz CT molecular complexity index is 642. The fourth-order valence-electron chi connectivity index (χ4n) is 1.25. The lowest BCUT2D eigenvalue weighted by Gasteiger charge is -2.06. The summed E-state index contributed by atoms with van der Waals surface area (Å²) < 4.78 is 18.7. The fraction of sp³-hybridized carbons (Fsp3) is 0. The predicted octanol–water partition coefficient (Wildman–Crippen LogP) is 4.30. The second kappa shape index (κ2) is 5.34. The highest BCUT2D eigenvalue weighted by molar-refractivity contribution is 9.10. The molecule has 1 aromatic heterocycles. The SMILES string of the molecule is N#Cc1cc(Cl)nc(Oc2ccc(F)c(Br)c2)c1. The van der Waals surface area contributed by atoms with Gasteiger partial charge in [0.15, 0.2) is 0 Å². The molecule has 0 spiro atoms. The summed E-state index contributed by atoms with van der Waals surface area (Å²) in [6.45, 7) is 0. The highest BCUT2D eigenvalue weighted by Crippen LogP contribution is 2.26. The topological polar surface area (TPSA) is 45.9 Å². The van der Waals surface area contributed by atoms with E-state index in [1.165, 1.54) is 30.3 Å². The molecule has 0 unspecified atom stereocenters. The molecule has 18 heavy (non-hydrogen) atoms. The summed E-state index contributed by atoms with van der Waals surface area (Å²) in [5.74, 6) is 0.179. The minimum atomic E-state index is -0.390. The molecule has 90 valence electrons. The van der Waals surface area contributed by atoms with Gasteiger partial charge in [0.1, 0.15) is 16.7 Å². The van der Waals surface area contributed by atoms with Crippen LogP contribution in [0, 0.1) is 17.1 Å². The van der Waals surface area contributed by atoms with Crippen LogP contribution in [0.4, 0.5) is 4.39 Å². The molecule has 0 fully saturated rings. The van der Waals surface area contributed by atoms with E-state index < -0.39 is 0 Å². The van der Waals surface area contributed by atoms with Gasteiger partial charge in [0.05, 0.1) is 16.1 Å². The molecule has 0 saturated carbocycles. The van der Waals surface area contributed by atoms with Crippen LogP contribution in [0.15, 0.2) is 34.8 Å². The van der Waals surface area contributed by atoms with Crippen molar-refractivity contribution < 1.29 is 9.13 Å². The highest BCUT2D eigenvalue weighted by atomic mass is 79.9. The van der Waals surface area contributed by atoms with Crippen LogP contribution in [-0.4, -0.2) is 4.98 Å². The lowest BCUT2D eigenvalue weighted by molar-refractivity contribution is 0.460. The Balaban J connectivity index is 2.31. The zero-order valence-electron chi connectivity index (χ0n) is 8.82. The summed E-state index contributed by atoms with van der Waals surface area (Å²) in [6.07, 6.45) is 0. The molecule has 2 rings (SSSR count). The van der Waals surface area contributed by atoms with Gasteiger partial charge in [-0.2, -0.15) is 5.26 Å². The molecule has 3 nitrogen and oxygen atoms in total. The molecule has 0 saturated heterocycles. The lowest BCUT2D eigenvalue weighted by atomic mass is 10.3. The third-order valence-corrected chi connectivity index (χ3v) is 2.81. The van der Waals surface area contributed by atoms with Gasteiger partial charge >= 0.3 is 0 Å². The minimum Gasteiger partial charge on any atom is -0.439 e. The Labute approximate surface area is 116 Å². The van der Waals surface area contributed by atoms with Crippen LogP contribution in [0.2, 0.25) is 5.15 Å². The van der Waals surface area contributed by atoms with Crippen molar-refractivity contribution in [1.29, 1.82) is 5.26 Å². The quantitative estimate of drug-likeness (QED) is 0.773. The third kappa shape index (κ3) is 2.97. The average molecular weight is 328 g/mol. The standard InChI is InChI=1S/C12H5BrClFN2O/c13-9-5-8(1-2-10(9)15)18-12-4-7(6-16)3-11(14)17-12/h1-5H. The zero-order chi connectivity index (χ0) is 13.1. The van der Waals surface area contributed by atoms with Crippen LogP contribution < -0.4 is 4.74 Å². The van der Waals surface area contributed by atoms with Crippen molar-refractivity contribution in [2.24, 2.45) is 0 Å². The van der Waals surface area contributed by atoms with E-state index in [1.54, 1.807) is 0 Å². The minimum absolute atomic E-state index is 0.158. The zero-order valence-corrected chi connectivity index (χ0v) is 11.2. The second-order valence-electron chi connectivity index (χ2n) is 3.31.